The molecule has 0 spiro atoms. The van der Waals surface area contributed by atoms with E-state index in [0.29, 0.717) is 25.3 Å². The molecule has 9 heteroatoms. The van der Waals surface area contributed by atoms with Crippen LogP contribution < -0.4 is 14.8 Å². The Hall–Kier alpha value is -3.59. The molecule has 0 radical (unpaired) electrons. The molecule has 2 aromatic rings. The second-order valence-corrected chi connectivity index (χ2v) is 7.73. The van der Waals surface area contributed by atoms with Crippen molar-refractivity contribution in [2.24, 2.45) is 5.10 Å². The van der Waals surface area contributed by atoms with Gasteiger partial charge in [-0.25, -0.2) is 9.80 Å². The number of benzene rings is 2. The summed E-state index contributed by atoms with van der Waals surface area (Å²) in [5, 5.41) is 8.92. The standard InChI is InChI=1S/C25H32N4O5/c1-5-26-25(31)28(14-15-32-2)17-24(30)29-22(20-8-6-7-9-23(20)34-4)16-21(27-29)18-10-12-19(33-3)13-11-18/h6-13,22H,5,14-17H2,1-4H3,(H,26,31)/t22-/m0/s1. The van der Waals surface area contributed by atoms with Gasteiger partial charge in [-0.1, -0.05) is 18.2 Å². The Labute approximate surface area is 200 Å². The van der Waals surface area contributed by atoms with Gasteiger partial charge in [0.15, 0.2) is 0 Å². The Bertz CT molecular complexity index is 1010. The number of amides is 3. The lowest BCUT2D eigenvalue weighted by molar-refractivity contribution is -0.133. The summed E-state index contributed by atoms with van der Waals surface area (Å²) in [6, 6.07) is 14.5. The molecule has 3 amide bonds. The van der Waals surface area contributed by atoms with Crippen LogP contribution in [0.2, 0.25) is 0 Å². The molecule has 1 heterocycles. The van der Waals surface area contributed by atoms with E-state index in [2.05, 4.69) is 5.32 Å². The van der Waals surface area contributed by atoms with E-state index in [0.717, 1.165) is 22.6 Å². The maximum Gasteiger partial charge on any atom is 0.317 e. The van der Waals surface area contributed by atoms with E-state index >= 15 is 0 Å². The number of hydrogen-bond acceptors (Lipinski definition) is 6. The summed E-state index contributed by atoms with van der Waals surface area (Å²) in [5.74, 6) is 1.13. The zero-order chi connectivity index (χ0) is 24.5. The van der Waals surface area contributed by atoms with Crippen LogP contribution in [-0.4, -0.2) is 75.1 Å². The minimum absolute atomic E-state index is 0.125. The van der Waals surface area contributed by atoms with Crippen LogP contribution in [0.25, 0.3) is 0 Å². The first kappa shape index (κ1) is 25.0. The topological polar surface area (TPSA) is 92.7 Å². The predicted octanol–water partition coefficient (Wildman–Crippen LogP) is 3.06. The molecule has 0 bridgehead atoms. The number of ether oxygens (including phenoxy) is 3. The largest absolute Gasteiger partial charge is 0.497 e. The van der Waals surface area contributed by atoms with E-state index in [9.17, 15) is 9.59 Å². The fourth-order valence-electron chi connectivity index (χ4n) is 3.83. The highest BCUT2D eigenvalue weighted by atomic mass is 16.5. The molecular weight excluding hydrogens is 436 g/mol. The van der Waals surface area contributed by atoms with E-state index in [4.69, 9.17) is 19.3 Å². The van der Waals surface area contributed by atoms with Gasteiger partial charge in [0.25, 0.3) is 5.91 Å². The first-order valence-corrected chi connectivity index (χ1v) is 11.2. The molecule has 0 fully saturated rings. The van der Waals surface area contributed by atoms with Crippen molar-refractivity contribution < 1.29 is 23.8 Å². The Kier molecular flexibility index (Phi) is 8.86. The number of methoxy groups -OCH3 is 3. The van der Waals surface area contributed by atoms with E-state index in [1.165, 1.54) is 9.91 Å². The normalized spacial score (nSPS) is 15.0. The van der Waals surface area contributed by atoms with Crippen molar-refractivity contribution in [2.75, 3.05) is 47.6 Å². The number of carbonyl (C=O) groups is 2. The van der Waals surface area contributed by atoms with Crippen molar-refractivity contribution in [3.05, 3.63) is 59.7 Å². The van der Waals surface area contributed by atoms with Gasteiger partial charge in [-0.3, -0.25) is 4.79 Å². The highest BCUT2D eigenvalue weighted by Gasteiger charge is 2.35. The second kappa shape index (κ2) is 12.0. The van der Waals surface area contributed by atoms with Gasteiger partial charge >= 0.3 is 6.03 Å². The molecule has 1 atom stereocenters. The number of nitrogens with zero attached hydrogens (tertiary/aromatic N) is 3. The van der Waals surface area contributed by atoms with Crippen LogP contribution in [-0.2, 0) is 9.53 Å². The van der Waals surface area contributed by atoms with Gasteiger partial charge in [0.1, 0.15) is 18.0 Å². The third kappa shape index (κ3) is 5.85. The van der Waals surface area contributed by atoms with Crippen LogP contribution in [0.4, 0.5) is 4.79 Å². The van der Waals surface area contributed by atoms with E-state index in [1.54, 1.807) is 21.3 Å². The fourth-order valence-corrected chi connectivity index (χ4v) is 3.83. The Balaban J connectivity index is 1.92. The molecule has 9 nitrogen and oxygen atoms in total. The van der Waals surface area contributed by atoms with E-state index in [-0.39, 0.29) is 31.1 Å². The minimum atomic E-state index is -0.362. The summed E-state index contributed by atoms with van der Waals surface area (Å²) in [4.78, 5) is 27.4. The second-order valence-electron chi connectivity index (χ2n) is 7.73. The molecule has 182 valence electrons. The number of rotatable bonds is 10. The molecule has 1 aliphatic heterocycles. The zero-order valence-electron chi connectivity index (χ0n) is 20.1. The minimum Gasteiger partial charge on any atom is -0.497 e. The van der Waals surface area contributed by atoms with E-state index in [1.807, 2.05) is 55.5 Å². The van der Waals surface area contributed by atoms with Crippen molar-refractivity contribution in [3.63, 3.8) is 0 Å². The summed E-state index contributed by atoms with van der Waals surface area (Å²) >= 11 is 0. The number of carbonyl (C=O) groups excluding carboxylic acids is 2. The average Bonchev–Trinajstić information content (AvgIpc) is 3.32. The number of para-hydroxylation sites is 1. The Morgan fingerprint density at radius 1 is 1.09 bits per heavy atom. The molecule has 34 heavy (non-hydrogen) atoms. The fraction of sp³-hybridized carbons (Fsp3) is 0.400. The number of hydrogen-bond donors (Lipinski definition) is 1. The van der Waals surface area contributed by atoms with Crippen LogP contribution in [0.3, 0.4) is 0 Å². The molecule has 0 aromatic heterocycles. The van der Waals surface area contributed by atoms with Gasteiger partial charge < -0.3 is 24.4 Å². The van der Waals surface area contributed by atoms with Crippen LogP contribution in [0, 0.1) is 0 Å². The van der Waals surface area contributed by atoms with Crippen LogP contribution in [0.1, 0.15) is 30.5 Å². The molecule has 0 saturated carbocycles. The lowest BCUT2D eigenvalue weighted by Crippen LogP contribution is -2.47. The smallest absolute Gasteiger partial charge is 0.317 e. The monoisotopic (exact) mass is 468 g/mol. The molecule has 1 N–H and O–H groups in total. The third-order valence-electron chi connectivity index (χ3n) is 5.59. The van der Waals surface area contributed by atoms with Gasteiger partial charge in [0.05, 0.1) is 32.6 Å². The predicted molar refractivity (Wildman–Crippen MR) is 129 cm³/mol. The summed E-state index contributed by atoms with van der Waals surface area (Å²) < 4.78 is 15.9. The Morgan fingerprint density at radius 3 is 2.47 bits per heavy atom. The van der Waals surface area contributed by atoms with Gasteiger partial charge in [-0.2, -0.15) is 5.10 Å². The van der Waals surface area contributed by atoms with Crippen molar-refractivity contribution in [1.82, 2.24) is 15.2 Å². The van der Waals surface area contributed by atoms with Crippen molar-refractivity contribution in [2.45, 2.75) is 19.4 Å². The van der Waals surface area contributed by atoms with Gasteiger partial charge in [0.2, 0.25) is 0 Å². The summed E-state index contributed by atoms with van der Waals surface area (Å²) in [6.07, 6.45) is 0.512. The molecule has 3 rings (SSSR count). The molecule has 0 aliphatic carbocycles. The first-order valence-electron chi connectivity index (χ1n) is 11.2. The molecule has 2 aromatic carbocycles. The molecule has 0 unspecified atom stereocenters. The maximum atomic E-state index is 13.5. The average molecular weight is 469 g/mol. The lowest BCUT2D eigenvalue weighted by Gasteiger charge is -2.27. The van der Waals surface area contributed by atoms with Crippen molar-refractivity contribution in [1.29, 1.82) is 0 Å². The first-order chi connectivity index (χ1) is 16.5. The van der Waals surface area contributed by atoms with Crippen LogP contribution in [0.15, 0.2) is 53.6 Å². The lowest BCUT2D eigenvalue weighted by atomic mass is 9.97. The highest BCUT2D eigenvalue weighted by molar-refractivity contribution is 6.03. The number of urea groups is 1. The quantitative estimate of drug-likeness (QED) is 0.579. The van der Waals surface area contributed by atoms with Gasteiger partial charge in [0, 0.05) is 32.2 Å². The third-order valence-corrected chi connectivity index (χ3v) is 5.59. The number of hydrazone groups is 1. The molecule has 0 saturated heterocycles. The highest BCUT2D eigenvalue weighted by Crippen LogP contribution is 2.37. The Morgan fingerprint density at radius 2 is 1.82 bits per heavy atom. The van der Waals surface area contributed by atoms with Crippen LogP contribution in [0.5, 0.6) is 11.5 Å². The summed E-state index contributed by atoms with van der Waals surface area (Å²) in [5.41, 5.74) is 2.52. The molecule has 1 aliphatic rings. The summed E-state index contributed by atoms with van der Waals surface area (Å²) in [6.45, 7) is 2.78. The van der Waals surface area contributed by atoms with E-state index < -0.39 is 0 Å². The molecular formula is C25H32N4O5. The van der Waals surface area contributed by atoms with Crippen molar-refractivity contribution >= 4 is 17.6 Å². The zero-order valence-corrected chi connectivity index (χ0v) is 20.1. The van der Waals surface area contributed by atoms with Gasteiger partial charge in [-0.05, 0) is 42.8 Å². The number of nitrogens with one attached hydrogen (secondary N) is 1. The maximum absolute atomic E-state index is 13.5. The summed E-state index contributed by atoms with van der Waals surface area (Å²) in [7, 11) is 4.78. The SMILES string of the molecule is CCNC(=O)N(CCOC)CC(=O)N1N=C(c2ccc(OC)cc2)C[C@H]1c1ccccc1OC. The van der Waals surface area contributed by atoms with Crippen LogP contribution >= 0.6 is 0 Å². The van der Waals surface area contributed by atoms with Crippen molar-refractivity contribution in [3.8, 4) is 11.5 Å². The van der Waals surface area contributed by atoms with Gasteiger partial charge in [-0.15, -0.1) is 0 Å².